The van der Waals surface area contributed by atoms with Crippen LogP contribution in [0, 0.1) is 5.82 Å². The van der Waals surface area contributed by atoms with Crippen LogP contribution in [0.4, 0.5) is 4.39 Å². The first-order valence-electron chi connectivity index (χ1n) is 6.60. The second kappa shape index (κ2) is 5.71. The van der Waals surface area contributed by atoms with Gasteiger partial charge in [0, 0.05) is 31.2 Å². The highest BCUT2D eigenvalue weighted by Gasteiger charge is 2.07. The first-order valence-corrected chi connectivity index (χ1v) is 6.60. The van der Waals surface area contributed by atoms with Crippen LogP contribution in [0.3, 0.4) is 0 Å². The molecular weight excluding hydrogens is 265 g/mol. The summed E-state index contributed by atoms with van der Waals surface area (Å²) in [6, 6.07) is 10.4. The summed E-state index contributed by atoms with van der Waals surface area (Å²) in [5.74, 6) is -0.243. The Hall–Kier alpha value is -2.75. The van der Waals surface area contributed by atoms with E-state index in [0.29, 0.717) is 0 Å². The van der Waals surface area contributed by atoms with E-state index in [0.717, 1.165) is 22.4 Å². The molecule has 0 aliphatic heterocycles. The van der Waals surface area contributed by atoms with E-state index in [1.165, 1.54) is 12.1 Å². The van der Waals surface area contributed by atoms with Crippen molar-refractivity contribution < 1.29 is 4.39 Å². The molecule has 21 heavy (non-hydrogen) atoms. The topological polar surface area (TPSA) is 30.7 Å². The molecule has 2 heterocycles. The van der Waals surface area contributed by atoms with Gasteiger partial charge in [-0.2, -0.15) is 5.10 Å². The minimum absolute atomic E-state index is 0.243. The number of rotatable bonds is 3. The molecule has 1 aromatic carbocycles. The summed E-state index contributed by atoms with van der Waals surface area (Å²) < 4.78 is 14.9. The standard InChI is InChI=1S/C17H14FN3/c1-21-12-16(14-7-9-19-10-8-14)17(20-21)6-5-13-3-2-4-15(18)11-13/h2-12H,1H3/b6-5+. The summed E-state index contributed by atoms with van der Waals surface area (Å²) in [5, 5.41) is 4.44. The van der Waals surface area contributed by atoms with Gasteiger partial charge in [-0.25, -0.2) is 4.39 Å². The van der Waals surface area contributed by atoms with Gasteiger partial charge in [0.1, 0.15) is 5.82 Å². The summed E-state index contributed by atoms with van der Waals surface area (Å²) in [4.78, 5) is 4.02. The predicted octanol–water partition coefficient (Wildman–Crippen LogP) is 3.79. The fraction of sp³-hybridized carbons (Fsp3) is 0.0588. The van der Waals surface area contributed by atoms with Gasteiger partial charge in [0.15, 0.2) is 0 Å². The molecule has 0 spiro atoms. The van der Waals surface area contributed by atoms with E-state index >= 15 is 0 Å². The second-order valence-corrected chi connectivity index (χ2v) is 4.73. The van der Waals surface area contributed by atoms with Gasteiger partial charge in [-0.05, 0) is 41.5 Å². The van der Waals surface area contributed by atoms with Gasteiger partial charge in [0.05, 0.1) is 5.69 Å². The van der Waals surface area contributed by atoms with E-state index in [-0.39, 0.29) is 5.82 Å². The summed E-state index contributed by atoms with van der Waals surface area (Å²) in [7, 11) is 1.88. The minimum atomic E-state index is -0.243. The van der Waals surface area contributed by atoms with E-state index in [9.17, 15) is 4.39 Å². The van der Waals surface area contributed by atoms with Crippen LogP contribution in [0.5, 0.6) is 0 Å². The highest BCUT2D eigenvalue weighted by Crippen LogP contribution is 2.23. The minimum Gasteiger partial charge on any atom is -0.275 e. The van der Waals surface area contributed by atoms with Gasteiger partial charge in [-0.3, -0.25) is 9.67 Å². The molecule has 0 N–H and O–H groups in total. The first-order chi connectivity index (χ1) is 10.2. The van der Waals surface area contributed by atoms with Crippen LogP contribution in [0.15, 0.2) is 55.0 Å². The van der Waals surface area contributed by atoms with Crippen molar-refractivity contribution in [2.75, 3.05) is 0 Å². The van der Waals surface area contributed by atoms with E-state index < -0.39 is 0 Å². The third-order valence-electron chi connectivity index (χ3n) is 3.13. The maximum Gasteiger partial charge on any atom is 0.123 e. The fourth-order valence-electron chi connectivity index (χ4n) is 2.17. The van der Waals surface area contributed by atoms with Gasteiger partial charge in [0.25, 0.3) is 0 Å². The Labute approximate surface area is 122 Å². The zero-order chi connectivity index (χ0) is 14.7. The van der Waals surface area contributed by atoms with Gasteiger partial charge in [0.2, 0.25) is 0 Å². The fourth-order valence-corrected chi connectivity index (χ4v) is 2.17. The van der Waals surface area contributed by atoms with Crippen LogP contribution in [0.2, 0.25) is 0 Å². The maximum atomic E-state index is 13.2. The molecule has 3 rings (SSSR count). The van der Waals surface area contributed by atoms with Gasteiger partial charge in [-0.15, -0.1) is 0 Å². The molecule has 4 heteroatoms. The van der Waals surface area contributed by atoms with Crippen molar-refractivity contribution in [3.8, 4) is 11.1 Å². The van der Waals surface area contributed by atoms with E-state index in [4.69, 9.17) is 0 Å². The lowest BCUT2D eigenvalue weighted by atomic mass is 10.1. The largest absolute Gasteiger partial charge is 0.275 e. The molecular formula is C17H14FN3. The average molecular weight is 279 g/mol. The molecule has 3 aromatic rings. The van der Waals surface area contributed by atoms with Crippen molar-refractivity contribution in [1.29, 1.82) is 0 Å². The van der Waals surface area contributed by atoms with Gasteiger partial charge >= 0.3 is 0 Å². The number of nitrogens with zero attached hydrogens (tertiary/aromatic N) is 3. The number of halogens is 1. The molecule has 0 saturated carbocycles. The van der Waals surface area contributed by atoms with E-state index in [1.54, 1.807) is 23.1 Å². The SMILES string of the molecule is Cn1cc(-c2ccncc2)c(/C=C/c2cccc(F)c2)n1. The zero-order valence-corrected chi connectivity index (χ0v) is 11.6. The second-order valence-electron chi connectivity index (χ2n) is 4.73. The molecule has 0 fully saturated rings. The summed E-state index contributed by atoms with van der Waals surface area (Å²) in [6.07, 6.45) is 9.21. The average Bonchev–Trinajstić information content (AvgIpc) is 2.87. The Morgan fingerprint density at radius 3 is 2.67 bits per heavy atom. The van der Waals surface area contributed by atoms with Gasteiger partial charge < -0.3 is 0 Å². The van der Waals surface area contributed by atoms with Crippen LogP contribution in [-0.2, 0) is 7.05 Å². The van der Waals surface area contributed by atoms with Crippen molar-refractivity contribution in [1.82, 2.24) is 14.8 Å². The summed E-state index contributed by atoms with van der Waals surface area (Å²) in [5.41, 5.74) is 3.72. The molecule has 2 aromatic heterocycles. The monoisotopic (exact) mass is 279 g/mol. The molecule has 0 radical (unpaired) electrons. The van der Waals surface area contributed by atoms with Crippen molar-refractivity contribution >= 4 is 12.2 Å². The molecule has 0 unspecified atom stereocenters. The highest BCUT2D eigenvalue weighted by atomic mass is 19.1. The van der Waals surface area contributed by atoms with Crippen molar-refractivity contribution in [3.05, 3.63) is 72.1 Å². The normalized spacial score (nSPS) is 11.1. The number of aryl methyl sites for hydroxylation is 1. The quantitative estimate of drug-likeness (QED) is 0.730. The Morgan fingerprint density at radius 2 is 1.90 bits per heavy atom. The molecule has 3 nitrogen and oxygen atoms in total. The van der Waals surface area contributed by atoms with Crippen LogP contribution in [-0.4, -0.2) is 14.8 Å². The van der Waals surface area contributed by atoms with Crippen molar-refractivity contribution in [3.63, 3.8) is 0 Å². The number of pyridine rings is 1. The molecule has 0 aliphatic carbocycles. The Bertz CT molecular complexity index is 776. The van der Waals surface area contributed by atoms with Crippen LogP contribution in [0.1, 0.15) is 11.3 Å². The first kappa shape index (κ1) is 13.2. The number of aromatic nitrogens is 3. The molecule has 0 bridgehead atoms. The molecule has 104 valence electrons. The lowest BCUT2D eigenvalue weighted by Gasteiger charge is -1.98. The van der Waals surface area contributed by atoms with E-state index in [1.807, 2.05) is 43.6 Å². The van der Waals surface area contributed by atoms with Crippen molar-refractivity contribution in [2.45, 2.75) is 0 Å². The number of hydrogen-bond donors (Lipinski definition) is 0. The van der Waals surface area contributed by atoms with Gasteiger partial charge in [-0.1, -0.05) is 18.2 Å². The molecule has 0 saturated heterocycles. The lowest BCUT2D eigenvalue weighted by molar-refractivity contribution is 0.627. The highest BCUT2D eigenvalue weighted by molar-refractivity contribution is 5.78. The molecule has 0 aliphatic rings. The predicted molar refractivity (Wildman–Crippen MR) is 81.8 cm³/mol. The third-order valence-corrected chi connectivity index (χ3v) is 3.13. The van der Waals surface area contributed by atoms with Crippen LogP contribution < -0.4 is 0 Å². The van der Waals surface area contributed by atoms with Crippen LogP contribution in [0.25, 0.3) is 23.3 Å². The summed E-state index contributed by atoms with van der Waals surface area (Å²) >= 11 is 0. The lowest BCUT2D eigenvalue weighted by Crippen LogP contribution is -1.86. The number of benzene rings is 1. The molecule has 0 amide bonds. The Balaban J connectivity index is 1.96. The Kier molecular flexibility index (Phi) is 3.60. The maximum absolute atomic E-state index is 13.2. The third kappa shape index (κ3) is 3.05. The Morgan fingerprint density at radius 1 is 1.10 bits per heavy atom. The molecule has 0 atom stereocenters. The number of hydrogen-bond acceptors (Lipinski definition) is 2. The zero-order valence-electron chi connectivity index (χ0n) is 11.6. The summed E-state index contributed by atoms with van der Waals surface area (Å²) in [6.45, 7) is 0. The van der Waals surface area contributed by atoms with E-state index in [2.05, 4.69) is 10.1 Å². The smallest absolute Gasteiger partial charge is 0.123 e. The van der Waals surface area contributed by atoms with Crippen molar-refractivity contribution in [2.24, 2.45) is 7.05 Å². The van der Waals surface area contributed by atoms with Crippen LogP contribution >= 0.6 is 0 Å².